The zero-order chi connectivity index (χ0) is 20.0. The Hall–Kier alpha value is -2.21. The van der Waals surface area contributed by atoms with Crippen molar-refractivity contribution in [2.45, 2.75) is 64.6 Å². The van der Waals surface area contributed by atoms with Gasteiger partial charge in [-0.2, -0.15) is 0 Å². The number of Topliss-reactive ketones (excluding diaryl/α,β-unsaturated/α-hetero) is 1. The Labute approximate surface area is 161 Å². The monoisotopic (exact) mass is 374 g/mol. The lowest BCUT2D eigenvalue weighted by Gasteiger charge is -2.27. The summed E-state index contributed by atoms with van der Waals surface area (Å²) in [7, 11) is 0. The minimum absolute atomic E-state index is 0.0787. The van der Waals surface area contributed by atoms with Crippen molar-refractivity contribution < 1.29 is 19.1 Å². The van der Waals surface area contributed by atoms with Crippen LogP contribution in [0.3, 0.4) is 0 Å². The number of likely N-dealkylation sites (tertiary alicyclic amines) is 1. The van der Waals surface area contributed by atoms with Crippen molar-refractivity contribution in [3.05, 3.63) is 35.9 Å². The van der Waals surface area contributed by atoms with Gasteiger partial charge in [-0.25, -0.2) is 4.79 Å². The number of amides is 1. The lowest BCUT2D eigenvalue weighted by Crippen LogP contribution is -2.45. The predicted octanol–water partition coefficient (Wildman–Crippen LogP) is 2.09. The summed E-state index contributed by atoms with van der Waals surface area (Å²) in [5, 5.41) is 0. The summed E-state index contributed by atoms with van der Waals surface area (Å²) in [6.45, 7) is 5.81. The van der Waals surface area contributed by atoms with Crippen LogP contribution in [0.1, 0.15) is 45.6 Å². The molecule has 1 aromatic carbocycles. The van der Waals surface area contributed by atoms with Crippen molar-refractivity contribution in [2.75, 3.05) is 6.54 Å². The van der Waals surface area contributed by atoms with Crippen LogP contribution in [0.5, 0.6) is 0 Å². The third-order valence-electron chi connectivity index (χ3n) is 4.80. The number of ketones is 1. The van der Waals surface area contributed by atoms with Crippen molar-refractivity contribution in [3.8, 4) is 0 Å². The van der Waals surface area contributed by atoms with Crippen molar-refractivity contribution in [3.63, 3.8) is 0 Å². The molecule has 0 radical (unpaired) electrons. The smallest absolute Gasteiger partial charge is 0.329 e. The number of carbonyl (C=O) groups excluding carboxylic acids is 3. The zero-order valence-corrected chi connectivity index (χ0v) is 16.4. The fraction of sp³-hybridized carbons (Fsp3) is 0.571. The van der Waals surface area contributed by atoms with Gasteiger partial charge in [-0.1, -0.05) is 37.3 Å². The maximum Gasteiger partial charge on any atom is 0.329 e. The van der Waals surface area contributed by atoms with Crippen molar-refractivity contribution in [2.24, 2.45) is 11.7 Å². The molecule has 1 fully saturated rings. The largest absolute Gasteiger partial charge is 0.461 e. The first kappa shape index (κ1) is 21.1. The number of nitrogens with two attached hydrogens (primary N) is 1. The third-order valence-corrected chi connectivity index (χ3v) is 4.80. The van der Waals surface area contributed by atoms with E-state index in [0.29, 0.717) is 19.4 Å². The Balaban J connectivity index is 1.91. The van der Waals surface area contributed by atoms with Gasteiger partial charge in [0.05, 0.1) is 12.1 Å². The Kier molecular flexibility index (Phi) is 7.54. The summed E-state index contributed by atoms with van der Waals surface area (Å²) in [5.74, 6) is -1.19. The van der Waals surface area contributed by atoms with Crippen LogP contribution < -0.4 is 5.73 Å². The van der Waals surface area contributed by atoms with Crippen molar-refractivity contribution >= 4 is 17.7 Å². The highest BCUT2D eigenvalue weighted by Crippen LogP contribution is 2.23. The molecule has 148 valence electrons. The van der Waals surface area contributed by atoms with Gasteiger partial charge < -0.3 is 15.4 Å². The Bertz CT molecular complexity index is 659. The molecular formula is C21H30N2O4. The second-order valence-corrected chi connectivity index (χ2v) is 7.54. The molecule has 0 aliphatic carbocycles. The van der Waals surface area contributed by atoms with Crippen LogP contribution in [0.2, 0.25) is 0 Å². The summed E-state index contributed by atoms with van der Waals surface area (Å²) in [6, 6.07) is 8.39. The number of rotatable bonds is 8. The first-order valence-electron chi connectivity index (χ1n) is 9.62. The lowest BCUT2D eigenvalue weighted by molar-refractivity contribution is -0.157. The molecule has 0 saturated carbocycles. The molecule has 6 heteroatoms. The summed E-state index contributed by atoms with van der Waals surface area (Å²) in [5.41, 5.74) is 7.03. The van der Waals surface area contributed by atoms with Gasteiger partial charge in [0.25, 0.3) is 0 Å². The maximum atomic E-state index is 12.8. The molecule has 0 aromatic heterocycles. The van der Waals surface area contributed by atoms with Crippen molar-refractivity contribution in [1.29, 1.82) is 0 Å². The SMILES string of the molecule is CC(C)OC(=O)[C@@H]1CCCN1C(=O)[C@@H](C)CC(=O)[C@H](N)Cc1ccccc1. The van der Waals surface area contributed by atoms with Gasteiger partial charge in [0.1, 0.15) is 6.04 Å². The van der Waals surface area contributed by atoms with E-state index in [1.807, 2.05) is 30.3 Å². The van der Waals surface area contributed by atoms with Gasteiger partial charge in [0, 0.05) is 18.9 Å². The van der Waals surface area contributed by atoms with E-state index >= 15 is 0 Å². The molecule has 2 N–H and O–H groups in total. The molecule has 0 unspecified atom stereocenters. The van der Waals surface area contributed by atoms with Gasteiger partial charge in [0.15, 0.2) is 5.78 Å². The highest BCUT2D eigenvalue weighted by molar-refractivity contribution is 5.91. The van der Waals surface area contributed by atoms with Crippen LogP contribution in [0.25, 0.3) is 0 Å². The normalized spacial score (nSPS) is 19.0. The number of nitrogens with zero attached hydrogens (tertiary/aromatic N) is 1. The minimum atomic E-state index is -0.636. The molecule has 1 aromatic rings. The number of benzene rings is 1. The third kappa shape index (κ3) is 5.89. The Morgan fingerprint density at radius 1 is 1.19 bits per heavy atom. The van der Waals surface area contributed by atoms with Gasteiger partial charge in [-0.15, -0.1) is 0 Å². The first-order chi connectivity index (χ1) is 12.8. The van der Waals surface area contributed by atoms with Crippen LogP contribution >= 0.6 is 0 Å². The fourth-order valence-corrected chi connectivity index (χ4v) is 3.39. The molecule has 27 heavy (non-hydrogen) atoms. The standard InChI is InChI=1S/C21H30N2O4/c1-14(2)27-21(26)18-10-7-11-23(18)20(25)15(3)12-19(24)17(22)13-16-8-5-4-6-9-16/h4-6,8-9,14-15,17-18H,7,10-13,22H2,1-3H3/t15-,17+,18-/m0/s1. The first-order valence-corrected chi connectivity index (χ1v) is 9.62. The number of ether oxygens (including phenoxy) is 1. The van der Waals surface area contributed by atoms with E-state index in [9.17, 15) is 14.4 Å². The molecule has 1 saturated heterocycles. The van der Waals surface area contributed by atoms with Crippen LogP contribution in [0.15, 0.2) is 30.3 Å². The highest BCUT2D eigenvalue weighted by Gasteiger charge is 2.37. The van der Waals surface area contributed by atoms with Crippen molar-refractivity contribution in [1.82, 2.24) is 4.90 Å². The highest BCUT2D eigenvalue weighted by atomic mass is 16.5. The number of esters is 1. The van der Waals surface area contributed by atoms with E-state index in [-0.39, 0.29) is 30.2 Å². The van der Waals surface area contributed by atoms with Crippen LogP contribution in [-0.4, -0.2) is 47.3 Å². The van der Waals surface area contributed by atoms with Crippen LogP contribution in [0, 0.1) is 5.92 Å². The lowest BCUT2D eigenvalue weighted by atomic mass is 9.95. The summed E-state index contributed by atoms with van der Waals surface area (Å²) < 4.78 is 5.26. The minimum Gasteiger partial charge on any atom is -0.461 e. The molecule has 3 atom stereocenters. The molecule has 6 nitrogen and oxygen atoms in total. The molecule has 0 spiro atoms. The van der Waals surface area contributed by atoms with Gasteiger partial charge >= 0.3 is 5.97 Å². The predicted molar refractivity (Wildman–Crippen MR) is 103 cm³/mol. The van der Waals surface area contributed by atoms with E-state index in [1.165, 1.54) is 0 Å². The summed E-state index contributed by atoms with van der Waals surface area (Å²) in [4.78, 5) is 39.0. The van der Waals surface area contributed by atoms with E-state index < -0.39 is 18.0 Å². The molecule has 2 rings (SSSR count). The van der Waals surface area contributed by atoms with Gasteiger partial charge in [-0.3, -0.25) is 9.59 Å². The molecule has 0 bridgehead atoms. The summed E-state index contributed by atoms with van der Waals surface area (Å²) >= 11 is 0. The van der Waals surface area contributed by atoms with Crippen LogP contribution in [-0.2, 0) is 25.5 Å². The quantitative estimate of drug-likeness (QED) is 0.704. The average molecular weight is 374 g/mol. The number of carbonyl (C=O) groups is 3. The van der Waals surface area contributed by atoms with E-state index in [2.05, 4.69) is 0 Å². The molecule has 1 amide bonds. The Morgan fingerprint density at radius 2 is 1.85 bits per heavy atom. The molecule has 1 aliphatic rings. The van der Waals surface area contributed by atoms with E-state index in [0.717, 1.165) is 12.0 Å². The summed E-state index contributed by atoms with van der Waals surface area (Å²) in [6.07, 6.45) is 1.68. The zero-order valence-electron chi connectivity index (χ0n) is 16.4. The molecule has 1 heterocycles. The van der Waals surface area contributed by atoms with Gasteiger partial charge in [-0.05, 0) is 38.7 Å². The number of hydrogen-bond acceptors (Lipinski definition) is 5. The maximum absolute atomic E-state index is 12.8. The Morgan fingerprint density at radius 3 is 2.48 bits per heavy atom. The average Bonchev–Trinajstić information content (AvgIpc) is 3.11. The van der Waals surface area contributed by atoms with Crippen LogP contribution in [0.4, 0.5) is 0 Å². The van der Waals surface area contributed by atoms with E-state index in [4.69, 9.17) is 10.5 Å². The topological polar surface area (TPSA) is 89.7 Å². The molecular weight excluding hydrogens is 344 g/mol. The second-order valence-electron chi connectivity index (χ2n) is 7.54. The fourth-order valence-electron chi connectivity index (χ4n) is 3.39. The van der Waals surface area contributed by atoms with E-state index in [1.54, 1.807) is 25.7 Å². The number of hydrogen-bond donors (Lipinski definition) is 1. The molecule has 1 aliphatic heterocycles. The van der Waals surface area contributed by atoms with Gasteiger partial charge in [0.2, 0.25) is 5.91 Å². The second kappa shape index (κ2) is 9.65.